The molecule has 0 unspecified atom stereocenters. The van der Waals surface area contributed by atoms with E-state index in [9.17, 15) is 0 Å². The number of nitrogens with two attached hydrogens (primary N) is 1. The molecule has 3 nitrogen and oxygen atoms in total. The molecule has 3 N–H and O–H groups in total. The molecule has 1 fully saturated rings. The Bertz CT molecular complexity index is 325. The number of aromatic nitrogens is 1. The van der Waals surface area contributed by atoms with Crippen molar-refractivity contribution in [1.82, 2.24) is 10.3 Å². The number of aryl methyl sites for hydroxylation is 1. The first kappa shape index (κ1) is 12.0. The molecule has 1 saturated carbocycles. The van der Waals surface area contributed by atoms with Crippen molar-refractivity contribution in [3.63, 3.8) is 0 Å². The van der Waals surface area contributed by atoms with Crippen LogP contribution in [0.25, 0.3) is 0 Å². The van der Waals surface area contributed by atoms with E-state index in [1.807, 2.05) is 13.1 Å². The molecule has 16 heavy (non-hydrogen) atoms. The quantitative estimate of drug-likeness (QED) is 0.747. The zero-order chi connectivity index (χ0) is 11.4. The van der Waals surface area contributed by atoms with Gasteiger partial charge in [0.1, 0.15) is 0 Å². The molecule has 0 bridgehead atoms. The normalized spacial score (nSPS) is 18.4. The highest BCUT2D eigenvalue weighted by Gasteiger charge is 2.34. The van der Waals surface area contributed by atoms with Crippen molar-refractivity contribution in [1.29, 1.82) is 0 Å². The largest absolute Gasteiger partial charge is 0.330 e. The van der Waals surface area contributed by atoms with Gasteiger partial charge in [0, 0.05) is 17.6 Å². The lowest BCUT2D eigenvalue weighted by atomic mass is 9.67. The lowest BCUT2D eigenvalue weighted by Crippen LogP contribution is -2.39. The summed E-state index contributed by atoms with van der Waals surface area (Å²) in [6.07, 6.45) is 7.21. The van der Waals surface area contributed by atoms with Gasteiger partial charge >= 0.3 is 0 Å². The summed E-state index contributed by atoms with van der Waals surface area (Å²) in [4.78, 5) is 5.57. The van der Waals surface area contributed by atoms with E-state index in [0.29, 0.717) is 5.41 Å². The highest BCUT2D eigenvalue weighted by Crippen LogP contribution is 2.42. The maximum atomic E-state index is 5.83. The van der Waals surface area contributed by atoms with Gasteiger partial charge in [-0.3, -0.25) is 0 Å². The van der Waals surface area contributed by atoms with Crippen LogP contribution in [0.3, 0.4) is 0 Å². The van der Waals surface area contributed by atoms with Crippen molar-refractivity contribution in [2.24, 2.45) is 11.1 Å². The minimum absolute atomic E-state index is 0.469. The van der Waals surface area contributed by atoms with Gasteiger partial charge in [0.25, 0.3) is 0 Å². The first-order valence-corrected chi connectivity index (χ1v) is 6.88. The maximum Gasteiger partial charge on any atom is 0.0897 e. The molecule has 0 saturated heterocycles. The Labute approximate surface area is 101 Å². The molecule has 2 rings (SSSR count). The van der Waals surface area contributed by atoms with Gasteiger partial charge in [0.05, 0.1) is 5.01 Å². The molecule has 0 radical (unpaired) electrons. The third-order valence-corrected chi connectivity index (χ3v) is 4.56. The minimum atomic E-state index is 0.469. The lowest BCUT2D eigenvalue weighted by molar-refractivity contribution is 0.130. The number of nitrogens with zero attached hydrogens (tertiary/aromatic N) is 1. The SMILES string of the molecule is Cc1ncc(CNCCC2(CN)CCC2)s1. The van der Waals surface area contributed by atoms with Crippen LogP contribution < -0.4 is 11.1 Å². The molecule has 90 valence electrons. The molecule has 0 amide bonds. The maximum absolute atomic E-state index is 5.83. The number of nitrogens with one attached hydrogen (secondary N) is 1. The standard InChI is InChI=1S/C12H21N3S/c1-10-15-8-11(16-10)7-14-6-5-12(9-13)3-2-4-12/h8,14H,2-7,9,13H2,1H3. The first-order chi connectivity index (χ1) is 7.74. The molecular weight excluding hydrogens is 218 g/mol. The summed E-state index contributed by atoms with van der Waals surface area (Å²) in [5.41, 5.74) is 6.30. The Kier molecular flexibility index (Phi) is 3.95. The predicted molar refractivity (Wildman–Crippen MR) is 68.5 cm³/mol. The van der Waals surface area contributed by atoms with Gasteiger partial charge in [0.2, 0.25) is 0 Å². The van der Waals surface area contributed by atoms with Gasteiger partial charge < -0.3 is 11.1 Å². The van der Waals surface area contributed by atoms with E-state index in [-0.39, 0.29) is 0 Å². The highest BCUT2D eigenvalue weighted by atomic mass is 32.1. The molecule has 1 aromatic rings. The van der Waals surface area contributed by atoms with Crippen LogP contribution in [-0.2, 0) is 6.54 Å². The summed E-state index contributed by atoms with van der Waals surface area (Å²) in [7, 11) is 0. The van der Waals surface area contributed by atoms with E-state index >= 15 is 0 Å². The fourth-order valence-corrected chi connectivity index (χ4v) is 3.05. The van der Waals surface area contributed by atoms with Crippen molar-refractivity contribution >= 4 is 11.3 Å². The topological polar surface area (TPSA) is 50.9 Å². The number of hydrogen-bond donors (Lipinski definition) is 2. The van der Waals surface area contributed by atoms with Gasteiger partial charge in [-0.15, -0.1) is 11.3 Å². The monoisotopic (exact) mass is 239 g/mol. The zero-order valence-electron chi connectivity index (χ0n) is 9.96. The number of hydrogen-bond acceptors (Lipinski definition) is 4. The van der Waals surface area contributed by atoms with Gasteiger partial charge in [-0.25, -0.2) is 4.98 Å². The molecule has 0 aliphatic heterocycles. The van der Waals surface area contributed by atoms with Crippen LogP contribution in [0.1, 0.15) is 35.6 Å². The Morgan fingerprint density at radius 3 is 2.88 bits per heavy atom. The lowest BCUT2D eigenvalue weighted by Gasteiger charge is -2.41. The number of rotatable bonds is 6. The van der Waals surface area contributed by atoms with E-state index in [2.05, 4.69) is 10.3 Å². The van der Waals surface area contributed by atoms with Crippen LogP contribution in [-0.4, -0.2) is 18.1 Å². The van der Waals surface area contributed by atoms with E-state index in [0.717, 1.165) is 24.6 Å². The molecule has 0 atom stereocenters. The van der Waals surface area contributed by atoms with Crippen molar-refractivity contribution in [3.05, 3.63) is 16.1 Å². The molecule has 1 aliphatic rings. The highest BCUT2D eigenvalue weighted by molar-refractivity contribution is 7.11. The van der Waals surface area contributed by atoms with E-state index in [1.165, 1.54) is 30.6 Å². The van der Waals surface area contributed by atoms with Gasteiger partial charge in [-0.1, -0.05) is 6.42 Å². The molecular formula is C12H21N3S. The van der Waals surface area contributed by atoms with Crippen molar-refractivity contribution in [3.8, 4) is 0 Å². The Morgan fingerprint density at radius 2 is 2.38 bits per heavy atom. The zero-order valence-corrected chi connectivity index (χ0v) is 10.8. The molecule has 1 aromatic heterocycles. The fraction of sp³-hybridized carbons (Fsp3) is 0.750. The summed E-state index contributed by atoms with van der Waals surface area (Å²) >= 11 is 1.77. The molecule has 0 aromatic carbocycles. The Morgan fingerprint density at radius 1 is 1.56 bits per heavy atom. The van der Waals surface area contributed by atoms with Crippen LogP contribution in [0.15, 0.2) is 6.20 Å². The van der Waals surface area contributed by atoms with Gasteiger partial charge in [-0.05, 0) is 44.7 Å². The third-order valence-electron chi connectivity index (χ3n) is 3.65. The molecule has 0 spiro atoms. The van der Waals surface area contributed by atoms with E-state index in [1.54, 1.807) is 11.3 Å². The summed E-state index contributed by atoms with van der Waals surface area (Å²) < 4.78 is 0. The van der Waals surface area contributed by atoms with Crippen LogP contribution in [0, 0.1) is 12.3 Å². The Hall–Kier alpha value is -0.450. The fourth-order valence-electron chi connectivity index (χ4n) is 2.29. The van der Waals surface area contributed by atoms with Crippen LogP contribution >= 0.6 is 11.3 Å². The van der Waals surface area contributed by atoms with Crippen molar-refractivity contribution in [2.45, 2.75) is 39.2 Å². The summed E-state index contributed by atoms with van der Waals surface area (Å²) in [6, 6.07) is 0. The second-order valence-corrected chi connectivity index (χ2v) is 6.15. The average molecular weight is 239 g/mol. The smallest absolute Gasteiger partial charge is 0.0897 e. The van der Waals surface area contributed by atoms with Crippen molar-refractivity contribution in [2.75, 3.05) is 13.1 Å². The third kappa shape index (κ3) is 2.81. The summed E-state index contributed by atoms with van der Waals surface area (Å²) in [6.45, 7) is 4.93. The van der Waals surface area contributed by atoms with Crippen molar-refractivity contribution < 1.29 is 0 Å². The van der Waals surface area contributed by atoms with Gasteiger partial charge in [0.15, 0.2) is 0 Å². The summed E-state index contributed by atoms with van der Waals surface area (Å²) in [5, 5.41) is 4.64. The minimum Gasteiger partial charge on any atom is -0.330 e. The van der Waals surface area contributed by atoms with Crippen LogP contribution in [0.5, 0.6) is 0 Å². The second kappa shape index (κ2) is 5.25. The first-order valence-electron chi connectivity index (χ1n) is 6.06. The van der Waals surface area contributed by atoms with E-state index < -0.39 is 0 Å². The molecule has 1 heterocycles. The van der Waals surface area contributed by atoms with Crippen LogP contribution in [0.4, 0.5) is 0 Å². The van der Waals surface area contributed by atoms with Gasteiger partial charge in [-0.2, -0.15) is 0 Å². The molecule has 4 heteroatoms. The predicted octanol–water partition coefficient (Wildman–Crippen LogP) is 2.06. The number of thiazole rings is 1. The average Bonchev–Trinajstić information content (AvgIpc) is 2.62. The molecule has 1 aliphatic carbocycles. The van der Waals surface area contributed by atoms with Crippen LogP contribution in [0.2, 0.25) is 0 Å². The summed E-state index contributed by atoms with van der Waals surface area (Å²) in [5.74, 6) is 0. The van der Waals surface area contributed by atoms with E-state index in [4.69, 9.17) is 5.73 Å². The second-order valence-electron chi connectivity index (χ2n) is 4.83. The Balaban J connectivity index is 1.65.